The van der Waals surface area contributed by atoms with Gasteiger partial charge in [0.05, 0.1) is 5.69 Å². The van der Waals surface area contributed by atoms with Gasteiger partial charge in [-0.15, -0.1) is 22.7 Å². The Labute approximate surface area is 332 Å². The first-order chi connectivity index (χ1) is 27.7. The molecule has 3 heterocycles. The van der Waals surface area contributed by atoms with Crippen LogP contribution in [-0.4, -0.2) is 9.97 Å². The molecule has 11 rings (SSSR count). The highest BCUT2D eigenvalue weighted by Gasteiger charge is 2.18. The smallest absolute Gasteiger partial charge is 0.161 e. The maximum Gasteiger partial charge on any atom is 0.161 e. The summed E-state index contributed by atoms with van der Waals surface area (Å²) in [5.74, 6) is 0.728. The highest BCUT2D eigenvalue weighted by Crippen LogP contribution is 2.42. The van der Waals surface area contributed by atoms with E-state index in [0.717, 1.165) is 44.0 Å². The van der Waals surface area contributed by atoms with Crippen molar-refractivity contribution in [2.45, 2.75) is 0 Å². The lowest BCUT2D eigenvalue weighted by Gasteiger charge is -2.11. The van der Waals surface area contributed by atoms with Gasteiger partial charge in [0.1, 0.15) is 4.83 Å². The summed E-state index contributed by atoms with van der Waals surface area (Å²) in [6.45, 7) is 0. The third kappa shape index (κ3) is 5.70. The van der Waals surface area contributed by atoms with Crippen LogP contribution < -0.4 is 0 Å². The Morgan fingerprint density at radius 2 is 0.821 bits per heavy atom. The van der Waals surface area contributed by atoms with Crippen molar-refractivity contribution in [3.8, 4) is 67.2 Å². The molecule has 262 valence electrons. The van der Waals surface area contributed by atoms with Crippen molar-refractivity contribution in [2.24, 2.45) is 0 Å². The van der Waals surface area contributed by atoms with E-state index in [9.17, 15) is 0 Å². The number of rotatable bonds is 6. The zero-order valence-electron chi connectivity index (χ0n) is 30.2. The Kier molecular flexibility index (Phi) is 7.90. The molecule has 4 heteroatoms. The van der Waals surface area contributed by atoms with Crippen molar-refractivity contribution < 1.29 is 0 Å². The molecule has 0 radical (unpaired) electrons. The molecule has 2 nitrogen and oxygen atoms in total. The van der Waals surface area contributed by atoms with E-state index in [-0.39, 0.29) is 0 Å². The number of hydrogen-bond acceptors (Lipinski definition) is 4. The molecule has 0 bridgehead atoms. The molecule has 0 spiro atoms. The molecular weight excluding hydrogens is 717 g/mol. The predicted octanol–water partition coefficient (Wildman–Crippen LogP) is 15.2. The van der Waals surface area contributed by atoms with E-state index in [1.807, 2.05) is 11.3 Å². The van der Waals surface area contributed by atoms with Crippen LogP contribution in [-0.2, 0) is 0 Å². The largest absolute Gasteiger partial charge is 0.227 e. The monoisotopic (exact) mass is 748 g/mol. The number of nitrogens with zero attached hydrogens (tertiary/aromatic N) is 2. The summed E-state index contributed by atoms with van der Waals surface area (Å²) in [5.41, 5.74) is 12.6. The van der Waals surface area contributed by atoms with Crippen LogP contribution in [0, 0.1) is 0 Å². The van der Waals surface area contributed by atoms with E-state index >= 15 is 0 Å². The quantitative estimate of drug-likeness (QED) is 0.169. The average Bonchev–Trinajstić information content (AvgIpc) is 3.85. The second-order valence-electron chi connectivity index (χ2n) is 14.1. The first-order valence-corrected chi connectivity index (χ1v) is 20.4. The van der Waals surface area contributed by atoms with Gasteiger partial charge in [-0.2, -0.15) is 0 Å². The van der Waals surface area contributed by atoms with Gasteiger partial charge in [0.15, 0.2) is 5.82 Å². The molecule has 0 aliphatic heterocycles. The molecule has 56 heavy (non-hydrogen) atoms. The van der Waals surface area contributed by atoms with Crippen molar-refractivity contribution in [2.75, 3.05) is 0 Å². The van der Waals surface area contributed by atoms with Gasteiger partial charge >= 0.3 is 0 Å². The van der Waals surface area contributed by atoms with Crippen molar-refractivity contribution >= 4 is 63.1 Å². The SMILES string of the molecule is c1ccc(-c2cccc(-c3nc(-c4cccc(-c5cccc(-c6ccc(-c7cccc8c7sc7ccccc78)cc6)c5)c4)nc4sc5ccccc5c34)c2)cc1. The molecule has 0 N–H and O–H groups in total. The molecular formula is C52H32N2S2. The van der Waals surface area contributed by atoms with Gasteiger partial charge in [0, 0.05) is 46.8 Å². The Morgan fingerprint density at radius 3 is 1.57 bits per heavy atom. The van der Waals surface area contributed by atoms with Gasteiger partial charge in [-0.1, -0.05) is 164 Å². The normalized spacial score (nSPS) is 11.6. The van der Waals surface area contributed by atoms with E-state index in [1.165, 1.54) is 63.6 Å². The number of benzene rings is 8. The summed E-state index contributed by atoms with van der Waals surface area (Å²) in [4.78, 5) is 11.6. The van der Waals surface area contributed by atoms with Gasteiger partial charge in [-0.25, -0.2) is 9.97 Å². The minimum Gasteiger partial charge on any atom is -0.227 e. The summed E-state index contributed by atoms with van der Waals surface area (Å²) in [6.07, 6.45) is 0. The first-order valence-electron chi connectivity index (χ1n) is 18.8. The molecule has 0 atom stereocenters. The molecule has 0 aliphatic carbocycles. The summed E-state index contributed by atoms with van der Waals surface area (Å²) < 4.78 is 3.88. The predicted molar refractivity (Wildman–Crippen MR) is 240 cm³/mol. The number of hydrogen-bond donors (Lipinski definition) is 0. The van der Waals surface area contributed by atoms with E-state index in [0.29, 0.717) is 0 Å². The maximum atomic E-state index is 5.36. The fourth-order valence-electron chi connectivity index (χ4n) is 7.97. The molecule has 0 fully saturated rings. The second kappa shape index (κ2) is 13.5. The zero-order valence-corrected chi connectivity index (χ0v) is 31.8. The summed E-state index contributed by atoms with van der Waals surface area (Å²) in [5, 5.41) is 4.95. The molecule has 0 aliphatic rings. The minimum absolute atomic E-state index is 0.728. The molecule has 8 aromatic carbocycles. The van der Waals surface area contributed by atoms with Crippen LogP contribution in [0.2, 0.25) is 0 Å². The van der Waals surface area contributed by atoms with Crippen LogP contribution in [0.1, 0.15) is 0 Å². The van der Waals surface area contributed by atoms with E-state index in [1.54, 1.807) is 11.3 Å². The third-order valence-corrected chi connectivity index (χ3v) is 13.0. The van der Waals surface area contributed by atoms with Gasteiger partial charge in [-0.05, 0) is 74.8 Å². The molecule has 0 saturated heterocycles. The summed E-state index contributed by atoms with van der Waals surface area (Å²) >= 11 is 3.60. The van der Waals surface area contributed by atoms with Crippen LogP contribution >= 0.6 is 22.7 Å². The van der Waals surface area contributed by atoms with E-state index in [2.05, 4.69) is 194 Å². The molecule has 0 unspecified atom stereocenters. The van der Waals surface area contributed by atoms with E-state index < -0.39 is 0 Å². The first kappa shape index (κ1) is 32.7. The molecule has 11 aromatic rings. The lowest BCUT2D eigenvalue weighted by molar-refractivity contribution is 1.24. The number of thiophene rings is 2. The lowest BCUT2D eigenvalue weighted by Crippen LogP contribution is -1.94. The number of fused-ring (bicyclic) bond motifs is 6. The fraction of sp³-hybridized carbons (Fsp3) is 0. The van der Waals surface area contributed by atoms with Crippen molar-refractivity contribution in [1.82, 2.24) is 9.97 Å². The molecule has 0 saturated carbocycles. The van der Waals surface area contributed by atoms with Gasteiger partial charge in [0.2, 0.25) is 0 Å². The van der Waals surface area contributed by atoms with Crippen LogP contribution in [0.4, 0.5) is 0 Å². The number of aromatic nitrogens is 2. The minimum atomic E-state index is 0.728. The van der Waals surface area contributed by atoms with E-state index in [4.69, 9.17) is 9.97 Å². The summed E-state index contributed by atoms with van der Waals surface area (Å²) in [7, 11) is 0. The van der Waals surface area contributed by atoms with Gasteiger partial charge < -0.3 is 0 Å². The zero-order chi connectivity index (χ0) is 37.0. The maximum absolute atomic E-state index is 5.36. The van der Waals surface area contributed by atoms with Crippen LogP contribution in [0.25, 0.3) is 108 Å². The second-order valence-corrected chi connectivity index (χ2v) is 16.2. The highest BCUT2D eigenvalue weighted by atomic mass is 32.1. The van der Waals surface area contributed by atoms with Crippen LogP contribution in [0.5, 0.6) is 0 Å². The highest BCUT2D eigenvalue weighted by molar-refractivity contribution is 7.26. The standard InChI is InChI=1S/C52H32N2S2/c1-2-12-33(13-3-1)37-15-9-18-40(31-37)49-48-45-21-5-7-25-47(45)56-52(48)54-51(53-49)41-19-10-17-39(32-41)38-16-8-14-36(30-38)34-26-28-35(29-27-34)42-22-11-23-44-43-20-4-6-24-46(43)55-50(42)44/h1-32H. The molecule has 3 aromatic heterocycles. The molecule has 0 amide bonds. The topological polar surface area (TPSA) is 25.8 Å². The fourth-order valence-corrected chi connectivity index (χ4v) is 10.3. The van der Waals surface area contributed by atoms with Gasteiger partial charge in [-0.3, -0.25) is 0 Å². The van der Waals surface area contributed by atoms with Gasteiger partial charge in [0.25, 0.3) is 0 Å². The Bertz CT molecular complexity index is 3250. The summed E-state index contributed by atoms with van der Waals surface area (Å²) in [6, 6.07) is 69.7. The van der Waals surface area contributed by atoms with Crippen molar-refractivity contribution in [3.05, 3.63) is 194 Å². The van der Waals surface area contributed by atoms with Crippen molar-refractivity contribution in [3.63, 3.8) is 0 Å². The third-order valence-electron chi connectivity index (χ3n) is 10.7. The van der Waals surface area contributed by atoms with Crippen LogP contribution in [0.3, 0.4) is 0 Å². The van der Waals surface area contributed by atoms with Crippen LogP contribution in [0.15, 0.2) is 194 Å². The Hall–Kier alpha value is -6.72. The van der Waals surface area contributed by atoms with Crippen molar-refractivity contribution in [1.29, 1.82) is 0 Å². The Morgan fingerprint density at radius 1 is 0.321 bits per heavy atom. The average molecular weight is 749 g/mol. The lowest BCUT2D eigenvalue weighted by atomic mass is 9.96. The Balaban J connectivity index is 0.960.